The number of carbonyl (C=O) groups excluding carboxylic acids is 1. The Morgan fingerprint density at radius 1 is 1.35 bits per heavy atom. The summed E-state index contributed by atoms with van der Waals surface area (Å²) in [5, 5.41) is 11.2. The van der Waals surface area contributed by atoms with Crippen LogP contribution in [0.1, 0.15) is 25.1 Å². The molecule has 0 saturated carbocycles. The molecule has 0 atom stereocenters. The van der Waals surface area contributed by atoms with E-state index in [9.17, 15) is 9.59 Å². The van der Waals surface area contributed by atoms with E-state index in [2.05, 4.69) is 25.3 Å². The Kier molecular flexibility index (Phi) is 4.59. The number of carboxylic acid groups (broad SMARTS) is 1. The summed E-state index contributed by atoms with van der Waals surface area (Å²) in [5.74, 6) is -0.310. The predicted octanol–water partition coefficient (Wildman–Crippen LogP) is 0.266. The lowest BCUT2D eigenvalue weighted by atomic mass is 10.2. The van der Waals surface area contributed by atoms with Gasteiger partial charge in [-0.25, -0.2) is 15.0 Å². The van der Waals surface area contributed by atoms with E-state index in [-0.39, 0.29) is 18.7 Å². The smallest absolute Gasteiger partial charge is 0.303 e. The molecule has 106 valence electrons. The highest BCUT2D eigenvalue weighted by Gasteiger charge is 2.06. The van der Waals surface area contributed by atoms with E-state index in [1.54, 1.807) is 6.20 Å². The maximum absolute atomic E-state index is 11.4. The lowest BCUT2D eigenvalue weighted by molar-refractivity contribution is -0.137. The molecule has 8 heteroatoms. The van der Waals surface area contributed by atoms with Gasteiger partial charge < -0.3 is 15.4 Å². The number of nitrogens with one attached hydrogen (secondary N) is 2. The van der Waals surface area contributed by atoms with Crippen molar-refractivity contribution in [2.24, 2.45) is 0 Å². The number of carboxylic acids is 1. The number of amides is 1. The third-order valence-electron chi connectivity index (χ3n) is 2.69. The summed E-state index contributed by atoms with van der Waals surface area (Å²) in [4.78, 5) is 37.0. The molecule has 20 heavy (non-hydrogen) atoms. The number of H-pyrrole nitrogens is 1. The predicted molar refractivity (Wildman–Crippen MR) is 69.9 cm³/mol. The molecule has 0 aliphatic rings. The highest BCUT2D eigenvalue weighted by Crippen LogP contribution is 2.05. The molecule has 2 aromatic heterocycles. The van der Waals surface area contributed by atoms with Gasteiger partial charge >= 0.3 is 5.97 Å². The minimum atomic E-state index is -0.888. The average Bonchev–Trinajstić information content (AvgIpc) is 2.80. The summed E-state index contributed by atoms with van der Waals surface area (Å²) >= 11 is 0. The van der Waals surface area contributed by atoms with Gasteiger partial charge in [-0.1, -0.05) is 0 Å². The number of aromatic nitrogens is 4. The van der Waals surface area contributed by atoms with Crippen LogP contribution in [-0.2, 0) is 16.0 Å². The molecule has 0 aromatic carbocycles. The maximum atomic E-state index is 11.4. The molecule has 0 unspecified atom stereocenters. The highest BCUT2D eigenvalue weighted by atomic mass is 16.4. The Morgan fingerprint density at radius 2 is 2.20 bits per heavy atom. The third kappa shape index (κ3) is 4.01. The van der Waals surface area contributed by atoms with E-state index in [4.69, 9.17) is 5.11 Å². The van der Waals surface area contributed by atoms with Crippen LogP contribution < -0.4 is 5.32 Å². The van der Waals surface area contributed by atoms with Crippen molar-refractivity contribution >= 4 is 23.0 Å². The first-order valence-electron chi connectivity index (χ1n) is 6.28. The first kappa shape index (κ1) is 13.9. The fraction of sp³-hybridized carbons (Fsp3) is 0.417. The number of carbonyl (C=O) groups is 2. The number of nitrogens with zero attached hydrogens (tertiary/aromatic N) is 3. The topological polar surface area (TPSA) is 121 Å². The molecule has 0 spiro atoms. The Labute approximate surface area is 114 Å². The van der Waals surface area contributed by atoms with Crippen molar-refractivity contribution < 1.29 is 14.7 Å². The van der Waals surface area contributed by atoms with E-state index in [0.717, 1.165) is 5.82 Å². The fourth-order valence-corrected chi connectivity index (χ4v) is 1.74. The van der Waals surface area contributed by atoms with Crippen LogP contribution in [0.2, 0.25) is 0 Å². The van der Waals surface area contributed by atoms with Crippen LogP contribution in [0.25, 0.3) is 11.2 Å². The van der Waals surface area contributed by atoms with Crippen molar-refractivity contribution in [3.05, 3.63) is 18.3 Å². The van der Waals surface area contributed by atoms with Crippen LogP contribution >= 0.6 is 0 Å². The van der Waals surface area contributed by atoms with Gasteiger partial charge in [0.15, 0.2) is 5.65 Å². The number of aromatic amines is 1. The molecule has 2 heterocycles. The van der Waals surface area contributed by atoms with Crippen molar-refractivity contribution in [1.82, 2.24) is 25.3 Å². The average molecular weight is 277 g/mol. The number of hydrogen-bond donors (Lipinski definition) is 3. The molecule has 1 amide bonds. The zero-order valence-electron chi connectivity index (χ0n) is 10.8. The van der Waals surface area contributed by atoms with Crippen molar-refractivity contribution in [2.75, 3.05) is 6.54 Å². The molecule has 0 fully saturated rings. The molecular weight excluding hydrogens is 262 g/mol. The van der Waals surface area contributed by atoms with Crippen LogP contribution in [0, 0.1) is 0 Å². The van der Waals surface area contributed by atoms with Gasteiger partial charge in [-0.15, -0.1) is 0 Å². The number of aliphatic carboxylic acids is 1. The van der Waals surface area contributed by atoms with Gasteiger partial charge in [-0.2, -0.15) is 0 Å². The molecule has 2 rings (SSSR count). The zero-order valence-corrected chi connectivity index (χ0v) is 10.8. The van der Waals surface area contributed by atoms with Crippen LogP contribution in [0.5, 0.6) is 0 Å². The van der Waals surface area contributed by atoms with Crippen LogP contribution in [0.4, 0.5) is 0 Å². The highest BCUT2D eigenvalue weighted by molar-refractivity contribution is 5.76. The van der Waals surface area contributed by atoms with Crippen LogP contribution in [-0.4, -0.2) is 43.5 Å². The van der Waals surface area contributed by atoms with Gasteiger partial charge in [0.2, 0.25) is 5.91 Å². The van der Waals surface area contributed by atoms with E-state index < -0.39 is 5.97 Å². The third-order valence-corrected chi connectivity index (χ3v) is 2.69. The molecule has 0 aliphatic heterocycles. The van der Waals surface area contributed by atoms with Gasteiger partial charge in [-0.05, 0) is 6.42 Å². The molecule has 0 saturated heterocycles. The summed E-state index contributed by atoms with van der Waals surface area (Å²) in [6, 6.07) is 0. The Morgan fingerprint density at radius 3 is 2.95 bits per heavy atom. The first-order valence-corrected chi connectivity index (χ1v) is 6.28. The van der Waals surface area contributed by atoms with Crippen LogP contribution in [0.3, 0.4) is 0 Å². The fourth-order valence-electron chi connectivity index (χ4n) is 1.74. The normalized spacial score (nSPS) is 10.6. The minimum absolute atomic E-state index is 0.00959. The lowest BCUT2D eigenvalue weighted by Gasteiger charge is -2.02. The monoisotopic (exact) mass is 277 g/mol. The number of imidazole rings is 1. The largest absolute Gasteiger partial charge is 0.481 e. The summed E-state index contributed by atoms with van der Waals surface area (Å²) in [7, 11) is 0. The molecule has 8 nitrogen and oxygen atoms in total. The zero-order chi connectivity index (χ0) is 14.4. The number of hydrogen-bond acceptors (Lipinski definition) is 5. The van der Waals surface area contributed by atoms with Crippen molar-refractivity contribution in [1.29, 1.82) is 0 Å². The molecule has 3 N–H and O–H groups in total. The van der Waals surface area contributed by atoms with Crippen molar-refractivity contribution in [3.8, 4) is 0 Å². The van der Waals surface area contributed by atoms with Gasteiger partial charge in [0, 0.05) is 25.8 Å². The van der Waals surface area contributed by atoms with Crippen LogP contribution in [0.15, 0.2) is 12.5 Å². The standard InChI is InChI=1S/C12H15N5O3/c18-10(2-1-3-11(19)20)14-5-4-9-16-8-6-13-7-15-12(8)17-9/h6-7H,1-5H2,(H,14,18)(H,19,20)(H,13,15,16,17). The number of fused-ring (bicyclic) bond motifs is 1. The Balaban J connectivity index is 1.72. The Hall–Kier alpha value is -2.51. The van der Waals surface area contributed by atoms with E-state index in [1.165, 1.54) is 6.33 Å². The van der Waals surface area contributed by atoms with Gasteiger partial charge in [0.05, 0.1) is 6.20 Å². The molecule has 0 aliphatic carbocycles. The minimum Gasteiger partial charge on any atom is -0.481 e. The van der Waals surface area contributed by atoms with Crippen molar-refractivity contribution in [2.45, 2.75) is 25.7 Å². The van der Waals surface area contributed by atoms with Gasteiger partial charge in [-0.3, -0.25) is 9.59 Å². The Bertz CT molecular complexity index is 577. The van der Waals surface area contributed by atoms with Gasteiger partial charge in [0.25, 0.3) is 0 Å². The quantitative estimate of drug-likeness (QED) is 0.667. The summed E-state index contributed by atoms with van der Waals surface area (Å²) in [6.45, 7) is 0.444. The van der Waals surface area contributed by atoms with Crippen molar-refractivity contribution in [3.63, 3.8) is 0 Å². The maximum Gasteiger partial charge on any atom is 0.303 e. The lowest BCUT2D eigenvalue weighted by Crippen LogP contribution is -2.25. The second-order valence-corrected chi connectivity index (χ2v) is 4.29. The molecule has 2 aromatic rings. The van der Waals surface area contributed by atoms with Gasteiger partial charge in [0.1, 0.15) is 17.7 Å². The second kappa shape index (κ2) is 6.60. The van der Waals surface area contributed by atoms with E-state index >= 15 is 0 Å². The first-order chi connectivity index (χ1) is 9.65. The second-order valence-electron chi connectivity index (χ2n) is 4.29. The molecule has 0 bridgehead atoms. The summed E-state index contributed by atoms with van der Waals surface area (Å²) in [6.07, 6.45) is 4.19. The molecule has 0 radical (unpaired) electrons. The van der Waals surface area contributed by atoms with E-state index in [0.29, 0.717) is 30.6 Å². The molecular formula is C12H15N5O3. The van der Waals surface area contributed by atoms with E-state index in [1.807, 2.05) is 0 Å². The summed E-state index contributed by atoms with van der Waals surface area (Å²) < 4.78 is 0. The number of rotatable bonds is 7. The SMILES string of the molecule is O=C(O)CCCC(=O)NCCc1nc2cncnc2[nH]1. The summed E-state index contributed by atoms with van der Waals surface area (Å²) in [5.41, 5.74) is 1.36.